The zero-order chi connectivity index (χ0) is 25.4. The molecule has 2 aromatic carbocycles. The molecule has 2 N–H and O–H groups in total. The fraction of sp³-hybridized carbons (Fsp3) is 0.227. The topological polar surface area (TPSA) is 84.2 Å². The van der Waals surface area contributed by atoms with Gasteiger partial charge in [0, 0.05) is 13.5 Å². The molecule has 0 aliphatic rings. The lowest BCUT2D eigenvalue weighted by molar-refractivity contribution is -0.144. The predicted molar refractivity (Wildman–Crippen MR) is 117 cm³/mol. The average molecular weight is 518 g/mol. The minimum absolute atomic E-state index is 0.139. The van der Waals surface area contributed by atoms with Gasteiger partial charge in [0.2, 0.25) is 0 Å². The van der Waals surface area contributed by atoms with Gasteiger partial charge in [-0.25, -0.2) is 9.18 Å². The van der Waals surface area contributed by atoms with Gasteiger partial charge < -0.3 is 10.4 Å². The van der Waals surface area contributed by atoms with Gasteiger partial charge in [-0.1, -0.05) is 35.3 Å². The van der Waals surface area contributed by atoms with E-state index in [1.807, 2.05) is 0 Å². The summed E-state index contributed by atoms with van der Waals surface area (Å²) in [5.41, 5.74) is -2.01. The van der Waals surface area contributed by atoms with E-state index >= 15 is 0 Å². The zero-order valence-electron chi connectivity index (χ0n) is 17.7. The summed E-state index contributed by atoms with van der Waals surface area (Å²) < 4.78 is 56.0. The lowest BCUT2D eigenvalue weighted by atomic mass is 10.0. The molecule has 6 nitrogen and oxygen atoms in total. The number of nitrogens with zero attached hydrogens (tertiary/aromatic N) is 2. The number of aryl methyl sites for hydroxylation is 1. The summed E-state index contributed by atoms with van der Waals surface area (Å²) in [6.45, 7) is 1.43. The van der Waals surface area contributed by atoms with Crippen LogP contribution in [0.1, 0.15) is 56.2 Å². The van der Waals surface area contributed by atoms with Crippen LogP contribution in [-0.4, -0.2) is 26.8 Å². The van der Waals surface area contributed by atoms with Crippen LogP contribution < -0.4 is 5.32 Å². The Bertz CT molecular complexity index is 1280. The van der Waals surface area contributed by atoms with Crippen molar-refractivity contribution in [3.8, 4) is 0 Å². The van der Waals surface area contributed by atoms with E-state index in [1.165, 1.54) is 25.1 Å². The Kier molecular flexibility index (Phi) is 7.23. The van der Waals surface area contributed by atoms with Crippen molar-refractivity contribution in [1.82, 2.24) is 15.1 Å². The molecule has 0 fully saturated rings. The van der Waals surface area contributed by atoms with Crippen molar-refractivity contribution in [2.24, 2.45) is 7.05 Å². The number of nitrogens with one attached hydrogen (secondary N) is 1. The Morgan fingerprint density at radius 2 is 1.82 bits per heavy atom. The number of hydrogen-bond donors (Lipinski definition) is 2. The molecular weight excluding hydrogens is 501 g/mol. The predicted octanol–water partition coefficient (Wildman–Crippen LogP) is 5.66. The number of amides is 1. The Hall–Kier alpha value is -3.11. The van der Waals surface area contributed by atoms with Crippen LogP contribution in [-0.2, 0) is 19.6 Å². The zero-order valence-corrected chi connectivity index (χ0v) is 19.2. The largest absolute Gasteiger partial charge is 0.478 e. The maximum atomic E-state index is 14.0. The second kappa shape index (κ2) is 9.63. The van der Waals surface area contributed by atoms with Crippen LogP contribution in [0.2, 0.25) is 10.0 Å². The first kappa shape index (κ1) is 25.5. The van der Waals surface area contributed by atoms with Gasteiger partial charge in [-0.05, 0) is 42.3 Å². The minimum atomic E-state index is -4.89. The maximum Gasteiger partial charge on any atom is 0.433 e. The van der Waals surface area contributed by atoms with E-state index in [2.05, 4.69) is 10.4 Å². The Balaban J connectivity index is 1.97. The van der Waals surface area contributed by atoms with Crippen molar-refractivity contribution in [1.29, 1.82) is 0 Å². The molecule has 180 valence electrons. The first-order chi connectivity index (χ1) is 15.8. The van der Waals surface area contributed by atoms with Crippen molar-refractivity contribution in [3.63, 3.8) is 0 Å². The van der Waals surface area contributed by atoms with Crippen LogP contribution in [0.25, 0.3) is 0 Å². The number of carbonyl (C=O) groups excluding carboxylic acids is 1. The highest BCUT2D eigenvalue weighted by molar-refractivity contribution is 6.42. The van der Waals surface area contributed by atoms with E-state index in [4.69, 9.17) is 28.3 Å². The Morgan fingerprint density at radius 1 is 1.15 bits per heavy atom. The number of aromatic nitrogens is 2. The molecule has 0 radical (unpaired) electrons. The van der Waals surface area contributed by atoms with Crippen LogP contribution in [0.5, 0.6) is 0 Å². The first-order valence-electron chi connectivity index (χ1n) is 9.70. The molecule has 1 atom stereocenters. The monoisotopic (exact) mass is 517 g/mol. The molecule has 0 saturated carbocycles. The van der Waals surface area contributed by atoms with Crippen molar-refractivity contribution in [2.45, 2.75) is 25.6 Å². The summed E-state index contributed by atoms with van der Waals surface area (Å²) in [5, 5.41) is 15.7. The van der Waals surface area contributed by atoms with Crippen molar-refractivity contribution in [2.75, 3.05) is 0 Å². The van der Waals surface area contributed by atoms with Gasteiger partial charge >= 0.3 is 12.1 Å². The van der Waals surface area contributed by atoms with E-state index in [1.54, 1.807) is 6.07 Å². The molecule has 3 aromatic rings. The second-order valence-corrected chi connectivity index (χ2v) is 8.27. The lowest BCUT2D eigenvalue weighted by Gasteiger charge is -2.17. The van der Waals surface area contributed by atoms with Gasteiger partial charge in [0.1, 0.15) is 5.82 Å². The summed E-state index contributed by atoms with van der Waals surface area (Å²) in [6, 6.07) is 6.72. The molecule has 3 rings (SSSR count). The van der Waals surface area contributed by atoms with E-state index in [9.17, 15) is 27.2 Å². The number of halogens is 6. The van der Waals surface area contributed by atoms with Crippen LogP contribution >= 0.6 is 23.2 Å². The fourth-order valence-electron chi connectivity index (χ4n) is 3.44. The Labute approximate surface area is 201 Å². The molecule has 12 heteroatoms. The number of carboxylic acid groups (broad SMARTS) is 1. The molecule has 1 heterocycles. The van der Waals surface area contributed by atoms with Gasteiger partial charge in [-0.3, -0.25) is 9.48 Å². The van der Waals surface area contributed by atoms with Gasteiger partial charge in [0.25, 0.3) is 5.91 Å². The SMILES string of the molecule is C[C@H](NC(=O)c1c(Cc2ccc(Cl)c(Cl)c2)nn(C)c1C(F)(F)F)c1ccc(C(=O)O)c(F)c1. The summed E-state index contributed by atoms with van der Waals surface area (Å²) in [5.74, 6) is -3.59. The summed E-state index contributed by atoms with van der Waals surface area (Å²) in [6.07, 6.45) is -5.03. The molecule has 0 aliphatic carbocycles. The van der Waals surface area contributed by atoms with Crippen molar-refractivity contribution >= 4 is 35.1 Å². The summed E-state index contributed by atoms with van der Waals surface area (Å²) >= 11 is 11.9. The Morgan fingerprint density at radius 3 is 2.38 bits per heavy atom. The average Bonchev–Trinajstić information content (AvgIpc) is 3.06. The fourth-order valence-corrected chi connectivity index (χ4v) is 3.76. The number of carboxylic acids is 1. The van der Waals surface area contributed by atoms with Crippen molar-refractivity contribution in [3.05, 3.63) is 85.9 Å². The van der Waals surface area contributed by atoms with Gasteiger partial charge in [0.15, 0.2) is 5.69 Å². The van der Waals surface area contributed by atoms with Gasteiger partial charge in [-0.15, -0.1) is 0 Å². The molecule has 0 saturated heterocycles. The van der Waals surface area contributed by atoms with Crippen LogP contribution in [0.15, 0.2) is 36.4 Å². The number of hydrogen-bond acceptors (Lipinski definition) is 3. The molecule has 0 spiro atoms. The van der Waals surface area contributed by atoms with E-state index < -0.39 is 46.7 Å². The number of alkyl halides is 3. The standard InChI is InChI=1S/C22H17Cl2F4N3O3/c1-10(12-4-5-13(21(33)34)16(25)9-12)29-20(32)18-17(30-31(2)19(18)22(26,27)28)8-11-3-6-14(23)15(24)7-11/h3-7,9-10H,8H2,1-2H3,(H,29,32)(H,33,34)/t10-/m0/s1. The quantitative estimate of drug-likeness (QED) is 0.413. The third-order valence-electron chi connectivity index (χ3n) is 5.04. The number of rotatable bonds is 6. The lowest BCUT2D eigenvalue weighted by Crippen LogP contribution is -2.30. The molecule has 0 unspecified atom stereocenters. The summed E-state index contributed by atoms with van der Waals surface area (Å²) in [4.78, 5) is 24.0. The smallest absolute Gasteiger partial charge is 0.433 e. The highest BCUT2D eigenvalue weighted by Gasteiger charge is 2.41. The van der Waals surface area contributed by atoms with E-state index in [0.29, 0.717) is 10.2 Å². The molecule has 0 bridgehead atoms. The van der Waals surface area contributed by atoms with Gasteiger partial charge in [0.05, 0.1) is 32.9 Å². The molecule has 1 amide bonds. The van der Waals surface area contributed by atoms with Crippen molar-refractivity contribution < 1.29 is 32.3 Å². The summed E-state index contributed by atoms with van der Waals surface area (Å²) in [7, 11) is 1.07. The highest BCUT2D eigenvalue weighted by atomic mass is 35.5. The highest BCUT2D eigenvalue weighted by Crippen LogP contribution is 2.34. The van der Waals surface area contributed by atoms with Crippen LogP contribution in [0.3, 0.4) is 0 Å². The van der Waals surface area contributed by atoms with Gasteiger partial charge in [-0.2, -0.15) is 18.3 Å². The normalized spacial score (nSPS) is 12.5. The second-order valence-electron chi connectivity index (χ2n) is 7.46. The number of aromatic carboxylic acids is 1. The molecule has 34 heavy (non-hydrogen) atoms. The molecular formula is C22H17Cl2F4N3O3. The third kappa shape index (κ3) is 5.34. The van der Waals surface area contributed by atoms with E-state index in [0.717, 1.165) is 19.2 Å². The number of carbonyl (C=O) groups is 2. The molecule has 0 aliphatic heterocycles. The van der Waals surface area contributed by atoms with Crippen LogP contribution in [0.4, 0.5) is 17.6 Å². The molecule has 1 aromatic heterocycles. The third-order valence-corrected chi connectivity index (χ3v) is 5.78. The first-order valence-corrected chi connectivity index (χ1v) is 10.5. The van der Waals surface area contributed by atoms with E-state index in [-0.39, 0.29) is 27.7 Å². The maximum absolute atomic E-state index is 14.0. The minimum Gasteiger partial charge on any atom is -0.478 e. The number of benzene rings is 2. The van der Waals surface area contributed by atoms with Crippen LogP contribution in [0, 0.1) is 5.82 Å².